The van der Waals surface area contributed by atoms with Crippen LogP contribution in [0.2, 0.25) is 0 Å². The van der Waals surface area contributed by atoms with E-state index in [4.69, 9.17) is 4.74 Å². The van der Waals surface area contributed by atoms with Gasteiger partial charge in [-0.25, -0.2) is 0 Å². The molecule has 0 spiro atoms. The molecule has 0 bridgehead atoms. The molecule has 1 aromatic heterocycles. The van der Waals surface area contributed by atoms with E-state index in [0.29, 0.717) is 34.7 Å². The molecule has 1 aliphatic rings. The average Bonchev–Trinajstić information content (AvgIpc) is 3.14. The molecule has 1 fully saturated rings. The summed E-state index contributed by atoms with van der Waals surface area (Å²) in [5.41, 5.74) is 3.42. The van der Waals surface area contributed by atoms with Gasteiger partial charge >= 0.3 is 0 Å². The first-order valence-electron chi connectivity index (χ1n) is 9.76. The third-order valence-electron chi connectivity index (χ3n) is 5.70. The standard InChI is InChI=1S/C23H23N3O4/c1-13-14(2)22(28)25-20-10-16(7-8-19(13)20)24-23(29)15-9-21(27)26(12-15)17-5-4-6-18(11-17)30-3/h4-8,10-11,15H,9,12H2,1-3H3,(H,24,29)(H,25,28). The number of ether oxygens (including phenoxy) is 1. The maximum absolute atomic E-state index is 12.8. The van der Waals surface area contributed by atoms with Gasteiger partial charge in [-0.05, 0) is 43.7 Å². The number of aromatic nitrogens is 1. The number of anilines is 2. The Hall–Kier alpha value is -3.61. The van der Waals surface area contributed by atoms with Gasteiger partial charge in [-0.1, -0.05) is 12.1 Å². The number of pyridine rings is 1. The molecule has 0 radical (unpaired) electrons. The van der Waals surface area contributed by atoms with Crippen LogP contribution in [0.4, 0.5) is 11.4 Å². The predicted octanol–water partition coefficient (Wildman–Crippen LogP) is 3.15. The van der Waals surface area contributed by atoms with Crippen LogP contribution < -0.4 is 20.5 Å². The Morgan fingerprint density at radius 2 is 1.93 bits per heavy atom. The zero-order valence-electron chi connectivity index (χ0n) is 17.1. The van der Waals surface area contributed by atoms with Gasteiger partial charge in [-0.15, -0.1) is 0 Å². The summed E-state index contributed by atoms with van der Waals surface area (Å²) in [5, 5.41) is 3.82. The van der Waals surface area contributed by atoms with Crippen LogP contribution in [0.5, 0.6) is 5.75 Å². The van der Waals surface area contributed by atoms with Crippen molar-refractivity contribution in [3.8, 4) is 5.75 Å². The summed E-state index contributed by atoms with van der Waals surface area (Å²) in [4.78, 5) is 41.8. The number of benzene rings is 2. The molecule has 3 aromatic rings. The molecule has 1 atom stereocenters. The minimum absolute atomic E-state index is 0.0997. The normalized spacial score (nSPS) is 16.2. The number of carbonyl (C=O) groups excluding carboxylic acids is 2. The minimum Gasteiger partial charge on any atom is -0.497 e. The summed E-state index contributed by atoms with van der Waals surface area (Å²) in [6, 6.07) is 12.7. The Morgan fingerprint density at radius 3 is 2.70 bits per heavy atom. The van der Waals surface area contributed by atoms with Crippen molar-refractivity contribution >= 4 is 34.1 Å². The highest BCUT2D eigenvalue weighted by molar-refractivity contribution is 6.04. The minimum atomic E-state index is -0.460. The lowest BCUT2D eigenvalue weighted by molar-refractivity contribution is -0.122. The molecule has 4 rings (SSSR count). The van der Waals surface area contributed by atoms with Crippen molar-refractivity contribution in [1.29, 1.82) is 0 Å². The van der Waals surface area contributed by atoms with Crippen molar-refractivity contribution < 1.29 is 14.3 Å². The SMILES string of the molecule is COc1cccc(N2CC(C(=O)Nc3ccc4c(C)c(C)c(=O)[nH]c4c3)CC2=O)c1. The molecule has 0 saturated carbocycles. The molecular weight excluding hydrogens is 382 g/mol. The number of aryl methyl sites for hydroxylation is 1. The third kappa shape index (κ3) is 3.54. The Morgan fingerprint density at radius 1 is 1.13 bits per heavy atom. The first-order valence-corrected chi connectivity index (χ1v) is 9.76. The van der Waals surface area contributed by atoms with E-state index < -0.39 is 5.92 Å². The van der Waals surface area contributed by atoms with Crippen LogP contribution in [0.3, 0.4) is 0 Å². The van der Waals surface area contributed by atoms with E-state index in [1.54, 1.807) is 31.1 Å². The summed E-state index contributed by atoms with van der Waals surface area (Å²) in [7, 11) is 1.57. The number of hydrogen-bond donors (Lipinski definition) is 2. The number of methoxy groups -OCH3 is 1. The molecular formula is C23H23N3O4. The first-order chi connectivity index (χ1) is 14.4. The summed E-state index contributed by atoms with van der Waals surface area (Å²) >= 11 is 0. The van der Waals surface area contributed by atoms with Gasteiger partial charge in [0.2, 0.25) is 11.8 Å². The largest absolute Gasteiger partial charge is 0.497 e. The molecule has 7 nitrogen and oxygen atoms in total. The molecule has 30 heavy (non-hydrogen) atoms. The lowest BCUT2D eigenvalue weighted by atomic mass is 10.0. The monoisotopic (exact) mass is 405 g/mol. The Labute approximate surface area is 173 Å². The molecule has 154 valence electrons. The molecule has 1 unspecified atom stereocenters. The summed E-state index contributed by atoms with van der Waals surface area (Å²) in [6.07, 6.45) is 0.145. The molecule has 2 N–H and O–H groups in total. The van der Waals surface area contributed by atoms with Crippen molar-refractivity contribution in [3.63, 3.8) is 0 Å². The maximum Gasteiger partial charge on any atom is 0.251 e. The van der Waals surface area contributed by atoms with Crippen molar-refractivity contribution in [2.75, 3.05) is 23.9 Å². The van der Waals surface area contributed by atoms with Crippen LogP contribution in [-0.2, 0) is 9.59 Å². The third-order valence-corrected chi connectivity index (χ3v) is 5.70. The van der Waals surface area contributed by atoms with E-state index in [1.807, 2.05) is 37.3 Å². The van der Waals surface area contributed by atoms with Crippen molar-refractivity contribution in [3.05, 3.63) is 63.9 Å². The number of carbonyl (C=O) groups is 2. The Bertz CT molecular complexity index is 1210. The number of nitrogens with one attached hydrogen (secondary N) is 2. The number of rotatable bonds is 4. The van der Waals surface area contributed by atoms with Crippen LogP contribution >= 0.6 is 0 Å². The van der Waals surface area contributed by atoms with Crippen molar-refractivity contribution in [2.45, 2.75) is 20.3 Å². The zero-order valence-corrected chi connectivity index (χ0v) is 17.1. The highest BCUT2D eigenvalue weighted by Crippen LogP contribution is 2.29. The highest BCUT2D eigenvalue weighted by atomic mass is 16.5. The fourth-order valence-electron chi connectivity index (χ4n) is 3.80. The summed E-state index contributed by atoms with van der Waals surface area (Å²) in [6.45, 7) is 4.00. The molecule has 2 amide bonds. The fraction of sp³-hybridized carbons (Fsp3) is 0.261. The lowest BCUT2D eigenvalue weighted by Crippen LogP contribution is -2.28. The summed E-state index contributed by atoms with van der Waals surface area (Å²) < 4.78 is 5.22. The second-order valence-electron chi connectivity index (χ2n) is 7.56. The van der Waals surface area contributed by atoms with Crippen LogP contribution in [0, 0.1) is 19.8 Å². The van der Waals surface area contributed by atoms with Crippen molar-refractivity contribution in [1.82, 2.24) is 4.98 Å². The number of fused-ring (bicyclic) bond motifs is 1. The molecule has 2 heterocycles. The van der Waals surface area contributed by atoms with Gasteiger partial charge in [0.1, 0.15) is 5.75 Å². The van der Waals surface area contributed by atoms with E-state index in [9.17, 15) is 14.4 Å². The van der Waals surface area contributed by atoms with Crippen LogP contribution in [0.25, 0.3) is 10.9 Å². The predicted molar refractivity (Wildman–Crippen MR) is 116 cm³/mol. The quantitative estimate of drug-likeness (QED) is 0.698. The van der Waals surface area contributed by atoms with E-state index in [-0.39, 0.29) is 23.8 Å². The van der Waals surface area contributed by atoms with E-state index in [1.165, 1.54) is 0 Å². The van der Waals surface area contributed by atoms with Gasteiger partial charge in [0.05, 0.1) is 18.5 Å². The fourth-order valence-corrected chi connectivity index (χ4v) is 3.80. The van der Waals surface area contributed by atoms with E-state index >= 15 is 0 Å². The lowest BCUT2D eigenvalue weighted by Gasteiger charge is -2.17. The van der Waals surface area contributed by atoms with Gasteiger partial charge < -0.3 is 19.9 Å². The van der Waals surface area contributed by atoms with E-state index in [2.05, 4.69) is 10.3 Å². The molecule has 7 heteroatoms. The van der Waals surface area contributed by atoms with Gasteiger partial charge in [0, 0.05) is 41.4 Å². The highest BCUT2D eigenvalue weighted by Gasteiger charge is 2.35. The van der Waals surface area contributed by atoms with Gasteiger partial charge in [-0.3, -0.25) is 14.4 Å². The second-order valence-corrected chi connectivity index (χ2v) is 7.56. The topological polar surface area (TPSA) is 91.5 Å². The number of aromatic amines is 1. The maximum atomic E-state index is 12.8. The average molecular weight is 405 g/mol. The molecule has 2 aromatic carbocycles. The van der Waals surface area contributed by atoms with Gasteiger partial charge in [-0.2, -0.15) is 0 Å². The summed E-state index contributed by atoms with van der Waals surface area (Å²) in [5.74, 6) is -0.126. The molecule has 1 saturated heterocycles. The Kier molecular flexibility index (Phi) is 5.03. The van der Waals surface area contributed by atoms with Crippen molar-refractivity contribution in [2.24, 2.45) is 5.92 Å². The van der Waals surface area contributed by atoms with Gasteiger partial charge in [0.15, 0.2) is 0 Å². The molecule has 1 aliphatic heterocycles. The smallest absolute Gasteiger partial charge is 0.251 e. The zero-order chi connectivity index (χ0) is 21.4. The number of hydrogen-bond acceptors (Lipinski definition) is 4. The Balaban J connectivity index is 1.52. The first kappa shape index (κ1) is 19.7. The second kappa shape index (κ2) is 7.67. The number of H-pyrrole nitrogens is 1. The van der Waals surface area contributed by atoms with E-state index in [0.717, 1.165) is 10.9 Å². The van der Waals surface area contributed by atoms with Crippen LogP contribution in [0.1, 0.15) is 17.5 Å². The van der Waals surface area contributed by atoms with Crippen LogP contribution in [0.15, 0.2) is 47.3 Å². The van der Waals surface area contributed by atoms with Gasteiger partial charge in [0.25, 0.3) is 5.56 Å². The van der Waals surface area contributed by atoms with Crippen LogP contribution in [-0.4, -0.2) is 30.5 Å². The molecule has 0 aliphatic carbocycles. The number of amides is 2. The number of nitrogens with zero attached hydrogens (tertiary/aromatic N) is 1.